The molecule has 1 unspecified atom stereocenters. The number of hydrogen-bond donors (Lipinski definition) is 1. The highest BCUT2D eigenvalue weighted by Gasteiger charge is 2.17. The summed E-state index contributed by atoms with van der Waals surface area (Å²) in [6.45, 7) is 1.51. The Morgan fingerprint density at radius 2 is 2.10 bits per heavy atom. The molecule has 0 radical (unpaired) electrons. The fourth-order valence-corrected chi connectivity index (χ4v) is 1.74. The topological polar surface area (TPSA) is 68.3 Å². The van der Waals surface area contributed by atoms with Gasteiger partial charge in [0.05, 0.1) is 18.2 Å². The van der Waals surface area contributed by atoms with Gasteiger partial charge in [-0.2, -0.15) is 0 Å². The van der Waals surface area contributed by atoms with Crippen molar-refractivity contribution in [1.29, 1.82) is 0 Å². The number of halogens is 1. The van der Waals surface area contributed by atoms with Gasteiger partial charge in [0.2, 0.25) is 0 Å². The van der Waals surface area contributed by atoms with E-state index in [9.17, 15) is 14.0 Å². The number of methoxy groups -OCH3 is 1. The number of aromatic nitrogens is 1. The van der Waals surface area contributed by atoms with Crippen LogP contribution in [0.5, 0.6) is 0 Å². The van der Waals surface area contributed by atoms with Gasteiger partial charge >= 0.3 is 5.97 Å². The van der Waals surface area contributed by atoms with E-state index in [2.05, 4.69) is 15.0 Å². The number of fused-ring (bicyclic) bond motifs is 1. The van der Waals surface area contributed by atoms with Gasteiger partial charge in [-0.3, -0.25) is 9.78 Å². The summed E-state index contributed by atoms with van der Waals surface area (Å²) in [5.41, 5.74) is 0.836. The molecule has 2 aromatic rings. The van der Waals surface area contributed by atoms with Gasteiger partial charge in [-0.25, -0.2) is 9.18 Å². The van der Waals surface area contributed by atoms with Crippen molar-refractivity contribution in [2.24, 2.45) is 0 Å². The molecule has 0 fully saturated rings. The monoisotopic (exact) mass is 276 g/mol. The molecule has 1 N–H and O–H groups in total. The third-order valence-electron chi connectivity index (χ3n) is 2.81. The Bertz CT molecular complexity index is 673. The minimum absolute atomic E-state index is 0.249. The van der Waals surface area contributed by atoms with Crippen molar-refractivity contribution in [2.75, 3.05) is 7.11 Å². The number of pyridine rings is 1. The summed E-state index contributed by atoms with van der Waals surface area (Å²) >= 11 is 0. The van der Waals surface area contributed by atoms with Crippen LogP contribution in [0.25, 0.3) is 10.9 Å². The van der Waals surface area contributed by atoms with E-state index in [1.807, 2.05) is 0 Å². The van der Waals surface area contributed by atoms with Crippen LogP contribution in [-0.4, -0.2) is 30.0 Å². The van der Waals surface area contributed by atoms with Crippen molar-refractivity contribution in [2.45, 2.75) is 13.0 Å². The number of ether oxygens (including phenoxy) is 1. The fraction of sp³-hybridized carbons (Fsp3) is 0.214. The zero-order chi connectivity index (χ0) is 14.7. The Kier molecular flexibility index (Phi) is 3.93. The molecule has 1 aromatic heterocycles. The number of rotatable bonds is 3. The average Bonchev–Trinajstić information content (AvgIpc) is 2.45. The predicted molar refractivity (Wildman–Crippen MR) is 70.6 cm³/mol. The molecule has 20 heavy (non-hydrogen) atoms. The lowest BCUT2D eigenvalue weighted by Gasteiger charge is -2.11. The van der Waals surface area contributed by atoms with E-state index >= 15 is 0 Å². The maximum Gasteiger partial charge on any atom is 0.328 e. The van der Waals surface area contributed by atoms with Crippen LogP contribution < -0.4 is 5.32 Å². The van der Waals surface area contributed by atoms with Crippen molar-refractivity contribution < 1.29 is 18.7 Å². The third-order valence-corrected chi connectivity index (χ3v) is 2.81. The highest BCUT2D eigenvalue weighted by Crippen LogP contribution is 2.15. The largest absolute Gasteiger partial charge is 0.467 e. The second-order valence-corrected chi connectivity index (χ2v) is 4.28. The first-order valence-corrected chi connectivity index (χ1v) is 5.95. The molecule has 1 heterocycles. The highest BCUT2D eigenvalue weighted by atomic mass is 19.1. The number of carbonyl (C=O) groups excluding carboxylic acids is 2. The molecule has 1 aromatic carbocycles. The number of hydrogen-bond acceptors (Lipinski definition) is 4. The second kappa shape index (κ2) is 5.64. The lowest BCUT2D eigenvalue weighted by Crippen LogP contribution is -2.39. The molecule has 0 saturated heterocycles. The Balaban J connectivity index is 2.24. The summed E-state index contributed by atoms with van der Waals surface area (Å²) < 4.78 is 17.7. The Morgan fingerprint density at radius 1 is 1.35 bits per heavy atom. The van der Waals surface area contributed by atoms with E-state index in [0.717, 1.165) is 0 Å². The van der Waals surface area contributed by atoms with Gasteiger partial charge in [0, 0.05) is 11.6 Å². The second-order valence-electron chi connectivity index (χ2n) is 4.28. The molecule has 1 amide bonds. The molecule has 2 rings (SSSR count). The Hall–Kier alpha value is -2.50. The number of benzene rings is 1. The fourth-order valence-electron chi connectivity index (χ4n) is 1.74. The summed E-state index contributed by atoms with van der Waals surface area (Å²) in [6, 6.07) is 4.88. The van der Waals surface area contributed by atoms with Crippen LogP contribution in [0.15, 0.2) is 30.5 Å². The van der Waals surface area contributed by atoms with Gasteiger partial charge in [-0.1, -0.05) is 0 Å². The van der Waals surface area contributed by atoms with Gasteiger partial charge in [0.1, 0.15) is 11.9 Å². The smallest absolute Gasteiger partial charge is 0.328 e. The van der Waals surface area contributed by atoms with E-state index in [1.54, 1.807) is 0 Å². The molecule has 6 heteroatoms. The molecule has 0 saturated carbocycles. The lowest BCUT2D eigenvalue weighted by molar-refractivity contribution is -0.142. The zero-order valence-corrected chi connectivity index (χ0v) is 11.0. The first-order valence-electron chi connectivity index (χ1n) is 5.95. The van der Waals surface area contributed by atoms with E-state index in [1.165, 1.54) is 44.5 Å². The van der Waals surface area contributed by atoms with Crippen LogP contribution in [0.3, 0.4) is 0 Å². The van der Waals surface area contributed by atoms with Crippen LogP contribution >= 0.6 is 0 Å². The van der Waals surface area contributed by atoms with E-state index < -0.39 is 23.7 Å². The Labute approximate surface area is 114 Å². The number of amides is 1. The third kappa shape index (κ3) is 2.90. The molecule has 0 aliphatic rings. The van der Waals surface area contributed by atoms with Crippen LogP contribution in [0.2, 0.25) is 0 Å². The molecule has 0 spiro atoms. The summed E-state index contributed by atoms with van der Waals surface area (Å²) in [5.74, 6) is -1.42. The molecule has 0 bridgehead atoms. The predicted octanol–water partition coefficient (Wildman–Crippen LogP) is 1.67. The van der Waals surface area contributed by atoms with Crippen LogP contribution in [0.1, 0.15) is 17.3 Å². The quantitative estimate of drug-likeness (QED) is 0.866. The zero-order valence-electron chi connectivity index (χ0n) is 11.0. The van der Waals surface area contributed by atoms with Gasteiger partial charge in [0.25, 0.3) is 5.91 Å². The number of nitrogens with zero attached hydrogens (tertiary/aromatic N) is 1. The molecule has 0 aliphatic carbocycles. The average molecular weight is 276 g/mol. The molecule has 1 atom stereocenters. The lowest BCUT2D eigenvalue weighted by atomic mass is 10.1. The first kappa shape index (κ1) is 13.9. The number of nitrogens with one attached hydrogen (secondary N) is 1. The molecule has 0 aliphatic heterocycles. The van der Waals surface area contributed by atoms with Crippen molar-refractivity contribution in [3.05, 3.63) is 41.8 Å². The van der Waals surface area contributed by atoms with Crippen molar-refractivity contribution in [1.82, 2.24) is 10.3 Å². The van der Waals surface area contributed by atoms with Crippen LogP contribution in [0.4, 0.5) is 4.39 Å². The number of carbonyl (C=O) groups is 2. The maximum absolute atomic E-state index is 13.1. The van der Waals surface area contributed by atoms with Crippen molar-refractivity contribution in [3.8, 4) is 0 Å². The van der Waals surface area contributed by atoms with E-state index in [0.29, 0.717) is 10.9 Å². The molecule has 104 valence electrons. The SMILES string of the molecule is COC(=O)C(C)NC(=O)c1cnc2ccc(F)cc2c1. The minimum atomic E-state index is -0.768. The van der Waals surface area contributed by atoms with Gasteiger partial charge in [-0.05, 0) is 31.2 Å². The standard InChI is InChI=1S/C14H13FN2O3/c1-8(14(19)20-2)17-13(18)10-5-9-6-11(15)3-4-12(9)16-7-10/h3-8H,1-2H3,(H,17,18). The van der Waals surface area contributed by atoms with Crippen LogP contribution in [-0.2, 0) is 9.53 Å². The van der Waals surface area contributed by atoms with Gasteiger partial charge in [-0.15, -0.1) is 0 Å². The van der Waals surface area contributed by atoms with Gasteiger partial charge in [0.15, 0.2) is 0 Å². The van der Waals surface area contributed by atoms with Crippen LogP contribution in [0, 0.1) is 5.82 Å². The van der Waals surface area contributed by atoms with Gasteiger partial charge < -0.3 is 10.1 Å². The summed E-state index contributed by atoms with van der Waals surface area (Å²) in [7, 11) is 1.24. The summed E-state index contributed by atoms with van der Waals surface area (Å²) in [5, 5.41) is 3.00. The Morgan fingerprint density at radius 3 is 2.80 bits per heavy atom. The van der Waals surface area contributed by atoms with Crippen molar-refractivity contribution >= 4 is 22.8 Å². The molecule has 5 nitrogen and oxygen atoms in total. The molecular formula is C14H13FN2O3. The molecular weight excluding hydrogens is 263 g/mol. The van der Waals surface area contributed by atoms with E-state index in [4.69, 9.17) is 0 Å². The van der Waals surface area contributed by atoms with Crippen molar-refractivity contribution in [3.63, 3.8) is 0 Å². The highest BCUT2D eigenvalue weighted by molar-refractivity contribution is 5.99. The number of esters is 1. The maximum atomic E-state index is 13.1. The van der Waals surface area contributed by atoms with E-state index in [-0.39, 0.29) is 5.56 Å². The first-order chi connectivity index (χ1) is 9.51. The minimum Gasteiger partial charge on any atom is -0.467 e. The normalized spacial score (nSPS) is 11.9. The summed E-state index contributed by atoms with van der Waals surface area (Å²) in [6.07, 6.45) is 1.37. The summed E-state index contributed by atoms with van der Waals surface area (Å²) in [4.78, 5) is 27.3.